The Labute approximate surface area is 125 Å². The summed E-state index contributed by atoms with van der Waals surface area (Å²) in [6, 6.07) is 6.13. The van der Waals surface area contributed by atoms with E-state index in [4.69, 9.17) is 0 Å². The van der Waals surface area contributed by atoms with Gasteiger partial charge in [-0.15, -0.1) is 0 Å². The molecule has 0 aromatic heterocycles. The van der Waals surface area contributed by atoms with Crippen molar-refractivity contribution in [2.45, 2.75) is 37.0 Å². The summed E-state index contributed by atoms with van der Waals surface area (Å²) in [4.78, 5) is 0.208. The predicted molar refractivity (Wildman–Crippen MR) is 70.9 cm³/mol. The maximum absolute atomic E-state index is 12.3. The summed E-state index contributed by atoms with van der Waals surface area (Å²) < 4.78 is 88.7. The molecule has 0 aliphatic rings. The smallest absolute Gasteiger partial charge is 0.230 e. The van der Waals surface area contributed by atoms with Crippen molar-refractivity contribution in [3.63, 3.8) is 0 Å². The molecule has 22 heavy (non-hydrogen) atoms. The maximum Gasteiger partial charge on any atom is 0.389 e. The van der Waals surface area contributed by atoms with Gasteiger partial charge in [-0.2, -0.15) is 30.7 Å². The first-order valence-electron chi connectivity index (χ1n) is 6.12. The summed E-state index contributed by atoms with van der Waals surface area (Å²) in [5, 5.41) is 0. The number of aryl methyl sites for hydroxylation is 1. The van der Waals surface area contributed by atoms with Crippen LogP contribution in [0.3, 0.4) is 0 Å². The van der Waals surface area contributed by atoms with Crippen LogP contribution >= 0.6 is 0 Å². The van der Waals surface area contributed by atoms with Crippen LogP contribution in [0.2, 0.25) is 0 Å². The van der Waals surface area contributed by atoms with E-state index in [1.165, 1.54) is 12.1 Å². The second kappa shape index (κ2) is 7.26. The average molecular weight is 345 g/mol. The van der Waals surface area contributed by atoms with Gasteiger partial charge >= 0.3 is 12.4 Å². The second-order valence-electron chi connectivity index (χ2n) is 4.72. The number of rotatable bonds is 5. The summed E-state index contributed by atoms with van der Waals surface area (Å²) >= 11 is 0. The molecule has 1 atom stereocenters. The zero-order valence-electron chi connectivity index (χ0n) is 11.4. The molecule has 0 saturated carbocycles. The topological polar surface area (TPSA) is 29.4 Å². The van der Waals surface area contributed by atoms with Gasteiger partial charge in [0.15, 0.2) is 11.0 Å². The predicted octanol–water partition coefficient (Wildman–Crippen LogP) is 4.61. The molecule has 0 aliphatic heterocycles. The Bertz CT molecular complexity index is 519. The summed E-state index contributed by atoms with van der Waals surface area (Å²) in [6.45, 7) is 1.78. The Balaban J connectivity index is 2.83. The summed E-state index contributed by atoms with van der Waals surface area (Å²) in [5.41, 5.74) is 0.872. The van der Waals surface area contributed by atoms with Gasteiger partial charge in [-0.1, -0.05) is 17.7 Å². The zero-order chi connectivity index (χ0) is 17.0. The third-order valence-electron chi connectivity index (χ3n) is 2.58. The molecule has 1 aromatic rings. The number of hydrogen-bond donors (Lipinski definition) is 0. The molecule has 0 aliphatic carbocycles. The van der Waals surface area contributed by atoms with Crippen molar-refractivity contribution in [1.82, 2.24) is 0 Å². The van der Waals surface area contributed by atoms with Gasteiger partial charge in [0.2, 0.25) is 0 Å². The van der Waals surface area contributed by atoms with Gasteiger partial charge in [0.05, 0.1) is 17.7 Å². The minimum atomic E-state index is -4.76. The number of halogens is 6. The molecule has 9 heteroatoms. The van der Waals surface area contributed by atoms with Crippen molar-refractivity contribution in [3.8, 4) is 0 Å². The lowest BCUT2D eigenvalue weighted by atomic mass is 10.0. The highest BCUT2D eigenvalue weighted by Gasteiger charge is 2.38. The van der Waals surface area contributed by atoms with Gasteiger partial charge < -0.3 is 0 Å². The van der Waals surface area contributed by atoms with E-state index < -0.39 is 42.1 Å². The van der Waals surface area contributed by atoms with Gasteiger partial charge in [-0.3, -0.25) is 0 Å². The first-order valence-corrected chi connectivity index (χ1v) is 7.23. The molecule has 124 valence electrons. The second-order valence-corrected chi connectivity index (χ2v) is 5.90. The first-order chi connectivity index (χ1) is 9.96. The van der Waals surface area contributed by atoms with Gasteiger partial charge in [-0.05, 0) is 19.1 Å². The van der Waals surface area contributed by atoms with Gasteiger partial charge in [0, 0.05) is 12.1 Å². The molecule has 1 aromatic carbocycles. The van der Waals surface area contributed by atoms with Crippen molar-refractivity contribution in [3.05, 3.63) is 29.8 Å². The molecule has 0 N–H and O–H groups in total. The van der Waals surface area contributed by atoms with Crippen LogP contribution in [0.25, 0.3) is 0 Å². The van der Waals surface area contributed by atoms with Crippen LogP contribution in [-0.4, -0.2) is 22.8 Å². The maximum atomic E-state index is 12.3. The van der Waals surface area contributed by atoms with Crippen LogP contribution in [0.1, 0.15) is 18.4 Å². The minimum Gasteiger partial charge on any atom is -0.230 e. The van der Waals surface area contributed by atoms with Crippen molar-refractivity contribution >= 4 is 17.2 Å². The summed E-state index contributed by atoms with van der Waals surface area (Å²) in [6.07, 6.45) is -12.4. The standard InChI is InChI=1S/C13H13F6NOS/c1-9-2-4-11(5-3-9)22(21)20-8-10(6-12(14,15)16)7-13(17,18)19/h2-5,8,10H,6-7H2,1H3/b20-8-. The molecule has 1 unspecified atom stereocenters. The fourth-order valence-electron chi connectivity index (χ4n) is 1.63. The van der Waals surface area contributed by atoms with E-state index in [0.29, 0.717) is 6.21 Å². The third kappa shape index (κ3) is 7.58. The molecule has 0 spiro atoms. The molecule has 0 fully saturated rings. The van der Waals surface area contributed by atoms with Crippen LogP contribution < -0.4 is 0 Å². The van der Waals surface area contributed by atoms with Crippen molar-refractivity contribution in [2.75, 3.05) is 0 Å². The summed E-state index contributed by atoms with van der Waals surface area (Å²) in [5.74, 6) is -1.89. The fraction of sp³-hybridized carbons (Fsp3) is 0.462. The molecule has 0 saturated heterocycles. The lowest BCUT2D eigenvalue weighted by molar-refractivity contribution is -0.164. The van der Waals surface area contributed by atoms with E-state index in [9.17, 15) is 30.6 Å². The van der Waals surface area contributed by atoms with E-state index in [-0.39, 0.29) is 4.90 Å². The average Bonchev–Trinajstić information content (AvgIpc) is 2.32. The highest BCUT2D eigenvalue weighted by molar-refractivity contribution is 7.83. The highest BCUT2D eigenvalue weighted by atomic mass is 32.2. The minimum absolute atomic E-state index is 0.208. The third-order valence-corrected chi connectivity index (χ3v) is 3.57. The summed E-state index contributed by atoms with van der Waals surface area (Å²) in [7, 11) is -2.03. The molecular formula is C13H13F6NOS. The molecule has 0 bridgehead atoms. The molecule has 1 rings (SSSR count). The van der Waals surface area contributed by atoms with Crippen LogP contribution in [0.15, 0.2) is 33.6 Å². The molecule has 0 radical (unpaired) electrons. The van der Waals surface area contributed by atoms with Crippen LogP contribution in [0, 0.1) is 12.8 Å². The lowest BCUT2D eigenvalue weighted by Crippen LogP contribution is -2.22. The van der Waals surface area contributed by atoms with E-state index in [2.05, 4.69) is 4.40 Å². The largest absolute Gasteiger partial charge is 0.389 e. The van der Waals surface area contributed by atoms with Gasteiger partial charge in [0.1, 0.15) is 0 Å². The number of benzene rings is 1. The van der Waals surface area contributed by atoms with Crippen molar-refractivity contribution in [2.24, 2.45) is 10.3 Å². The SMILES string of the molecule is Cc1ccc(S(=O)/N=C\C(CC(F)(F)F)CC(F)(F)F)cc1. The Kier molecular flexibility index (Phi) is 6.16. The Morgan fingerprint density at radius 2 is 1.50 bits per heavy atom. The molecule has 0 heterocycles. The Morgan fingerprint density at radius 1 is 1.05 bits per heavy atom. The van der Waals surface area contributed by atoms with E-state index in [0.717, 1.165) is 5.56 Å². The van der Waals surface area contributed by atoms with Crippen LogP contribution in [-0.2, 0) is 11.0 Å². The highest BCUT2D eigenvalue weighted by Crippen LogP contribution is 2.32. The van der Waals surface area contributed by atoms with E-state index in [1.54, 1.807) is 19.1 Å². The van der Waals surface area contributed by atoms with Gasteiger partial charge in [-0.25, -0.2) is 4.21 Å². The number of nitrogens with zero attached hydrogens (tertiary/aromatic N) is 1. The zero-order valence-corrected chi connectivity index (χ0v) is 12.2. The molecular weight excluding hydrogens is 332 g/mol. The normalized spacial score (nSPS) is 14.7. The van der Waals surface area contributed by atoms with Crippen LogP contribution in [0.4, 0.5) is 26.3 Å². The van der Waals surface area contributed by atoms with Crippen molar-refractivity contribution < 1.29 is 30.6 Å². The van der Waals surface area contributed by atoms with E-state index >= 15 is 0 Å². The molecule has 0 amide bonds. The van der Waals surface area contributed by atoms with Crippen molar-refractivity contribution in [1.29, 1.82) is 0 Å². The van der Waals surface area contributed by atoms with Crippen LogP contribution in [0.5, 0.6) is 0 Å². The quantitative estimate of drug-likeness (QED) is 0.566. The fourth-order valence-corrected chi connectivity index (χ4v) is 2.40. The number of hydrogen-bond acceptors (Lipinski definition) is 1. The lowest BCUT2D eigenvalue weighted by Gasteiger charge is -2.16. The number of alkyl halides is 6. The Morgan fingerprint density at radius 3 is 1.91 bits per heavy atom. The van der Waals surface area contributed by atoms with Gasteiger partial charge in [0.25, 0.3) is 0 Å². The monoisotopic (exact) mass is 345 g/mol. The van der Waals surface area contributed by atoms with E-state index in [1.807, 2.05) is 0 Å². The first kappa shape index (κ1) is 18.7. The Hall–Kier alpha value is -1.38. The molecule has 2 nitrogen and oxygen atoms in total.